The van der Waals surface area contributed by atoms with Crippen molar-refractivity contribution in [1.82, 2.24) is 4.90 Å². The molecule has 1 amide bonds. The smallest absolute Gasteiger partial charge is 0.227 e. The Balaban J connectivity index is 1.63. The van der Waals surface area contributed by atoms with Crippen LogP contribution in [0.25, 0.3) is 0 Å². The molecule has 5 heteroatoms. The molecule has 0 saturated carbocycles. The molecule has 1 saturated heterocycles. The van der Waals surface area contributed by atoms with Crippen LogP contribution in [0.3, 0.4) is 0 Å². The average molecular weight is 359 g/mol. The number of morpholine rings is 1. The lowest BCUT2D eigenvalue weighted by molar-refractivity contribution is -0.138. The fourth-order valence-electron chi connectivity index (χ4n) is 2.95. The molecule has 1 aliphatic rings. The van der Waals surface area contributed by atoms with Crippen LogP contribution in [0.5, 0.6) is 0 Å². The van der Waals surface area contributed by atoms with Gasteiger partial charge in [0.25, 0.3) is 0 Å². The van der Waals surface area contributed by atoms with E-state index in [4.69, 9.17) is 16.3 Å². The summed E-state index contributed by atoms with van der Waals surface area (Å²) in [5, 5.41) is 0.684. The van der Waals surface area contributed by atoms with Crippen LogP contribution in [0.15, 0.2) is 48.5 Å². The van der Waals surface area contributed by atoms with E-state index in [0.29, 0.717) is 31.1 Å². The van der Waals surface area contributed by atoms with Crippen molar-refractivity contribution in [2.24, 2.45) is 0 Å². The van der Waals surface area contributed by atoms with E-state index in [1.165, 1.54) is 0 Å². The molecule has 0 aliphatic carbocycles. The van der Waals surface area contributed by atoms with Crippen LogP contribution in [0.2, 0.25) is 5.02 Å². The van der Waals surface area contributed by atoms with Gasteiger partial charge in [-0.2, -0.15) is 0 Å². The second kappa shape index (κ2) is 7.89. The van der Waals surface area contributed by atoms with Gasteiger partial charge in [0.15, 0.2) is 0 Å². The third-order valence-corrected chi connectivity index (χ3v) is 4.72. The van der Waals surface area contributed by atoms with Crippen LogP contribution >= 0.6 is 11.6 Å². The Morgan fingerprint density at radius 1 is 1.16 bits per heavy atom. The summed E-state index contributed by atoms with van der Waals surface area (Å²) in [6, 6.07) is 15.7. The summed E-state index contributed by atoms with van der Waals surface area (Å²) < 4.78 is 5.89. The molecule has 1 aliphatic heterocycles. The van der Waals surface area contributed by atoms with Gasteiger partial charge in [-0.25, -0.2) is 0 Å². The number of carbonyl (C=O) groups excluding carboxylic acids is 1. The van der Waals surface area contributed by atoms with Gasteiger partial charge in [-0.3, -0.25) is 4.79 Å². The van der Waals surface area contributed by atoms with Crippen molar-refractivity contribution in [3.63, 3.8) is 0 Å². The summed E-state index contributed by atoms with van der Waals surface area (Å²) in [5.74, 6) is 0.125. The van der Waals surface area contributed by atoms with E-state index in [0.717, 1.165) is 16.8 Å². The summed E-state index contributed by atoms with van der Waals surface area (Å²) in [7, 11) is 4.03. The maximum atomic E-state index is 12.6. The maximum absolute atomic E-state index is 12.6. The number of hydrogen-bond acceptors (Lipinski definition) is 3. The number of hydrogen-bond donors (Lipinski definition) is 0. The van der Waals surface area contributed by atoms with Crippen molar-refractivity contribution >= 4 is 23.2 Å². The molecule has 0 aromatic heterocycles. The van der Waals surface area contributed by atoms with Gasteiger partial charge in [0.1, 0.15) is 6.10 Å². The van der Waals surface area contributed by atoms with Crippen LogP contribution in [-0.4, -0.2) is 44.6 Å². The van der Waals surface area contributed by atoms with E-state index in [2.05, 4.69) is 29.2 Å². The predicted octanol–water partition coefficient (Wildman–Crippen LogP) is 3.55. The highest BCUT2D eigenvalue weighted by Crippen LogP contribution is 2.25. The molecule has 2 aromatic rings. The van der Waals surface area contributed by atoms with Gasteiger partial charge in [0, 0.05) is 31.4 Å². The summed E-state index contributed by atoms with van der Waals surface area (Å²) in [4.78, 5) is 16.6. The lowest BCUT2D eigenvalue weighted by Crippen LogP contribution is -2.43. The average Bonchev–Trinajstić information content (AvgIpc) is 2.64. The number of ether oxygens (including phenoxy) is 1. The van der Waals surface area contributed by atoms with E-state index in [9.17, 15) is 4.79 Å². The Morgan fingerprint density at radius 2 is 1.84 bits per heavy atom. The summed E-state index contributed by atoms with van der Waals surface area (Å²) >= 11 is 5.90. The van der Waals surface area contributed by atoms with E-state index in [-0.39, 0.29) is 12.0 Å². The van der Waals surface area contributed by atoms with Crippen molar-refractivity contribution in [3.05, 3.63) is 64.7 Å². The molecule has 3 rings (SSSR count). The Kier molecular flexibility index (Phi) is 5.61. The van der Waals surface area contributed by atoms with Gasteiger partial charge in [0.2, 0.25) is 5.91 Å². The normalized spacial score (nSPS) is 17.4. The molecule has 0 spiro atoms. The number of amides is 1. The Bertz CT molecular complexity index is 713. The lowest BCUT2D eigenvalue weighted by atomic mass is 10.1. The number of anilines is 1. The van der Waals surface area contributed by atoms with Crippen molar-refractivity contribution in [1.29, 1.82) is 0 Å². The van der Waals surface area contributed by atoms with Crippen molar-refractivity contribution in [2.45, 2.75) is 12.5 Å². The first-order valence-corrected chi connectivity index (χ1v) is 8.82. The minimum absolute atomic E-state index is 0.0702. The van der Waals surface area contributed by atoms with Crippen LogP contribution in [0, 0.1) is 0 Å². The topological polar surface area (TPSA) is 32.8 Å². The molecule has 1 atom stereocenters. The van der Waals surface area contributed by atoms with Crippen molar-refractivity contribution < 1.29 is 9.53 Å². The minimum Gasteiger partial charge on any atom is -0.378 e. The summed E-state index contributed by atoms with van der Waals surface area (Å²) in [5.41, 5.74) is 3.23. The first-order chi connectivity index (χ1) is 12.0. The SMILES string of the molecule is CN(C)c1ccc(C2CN(C(=O)Cc3ccc(Cl)cc3)CCO2)cc1. The molecular weight excluding hydrogens is 336 g/mol. The lowest BCUT2D eigenvalue weighted by Gasteiger charge is -2.33. The summed E-state index contributed by atoms with van der Waals surface area (Å²) in [6.07, 6.45) is 0.322. The number of rotatable bonds is 4. The molecule has 0 radical (unpaired) electrons. The van der Waals surface area contributed by atoms with Gasteiger partial charge in [-0.1, -0.05) is 35.9 Å². The highest BCUT2D eigenvalue weighted by molar-refractivity contribution is 6.30. The zero-order valence-electron chi connectivity index (χ0n) is 14.6. The number of halogens is 1. The molecular formula is C20H23ClN2O2. The second-order valence-electron chi connectivity index (χ2n) is 6.49. The zero-order chi connectivity index (χ0) is 17.8. The maximum Gasteiger partial charge on any atom is 0.227 e. The molecule has 0 bridgehead atoms. The quantitative estimate of drug-likeness (QED) is 0.838. The molecule has 0 N–H and O–H groups in total. The van der Waals surface area contributed by atoms with E-state index >= 15 is 0 Å². The molecule has 1 heterocycles. The largest absolute Gasteiger partial charge is 0.378 e. The molecule has 132 valence electrons. The van der Waals surface area contributed by atoms with Crippen LogP contribution < -0.4 is 4.90 Å². The van der Waals surface area contributed by atoms with E-state index in [1.54, 1.807) is 0 Å². The standard InChI is InChI=1S/C20H23ClN2O2/c1-22(2)18-9-5-16(6-10-18)19-14-23(11-12-25-19)20(24)13-15-3-7-17(21)8-4-15/h3-10,19H,11-14H2,1-2H3. The van der Waals surface area contributed by atoms with Gasteiger partial charge in [0.05, 0.1) is 19.6 Å². The highest BCUT2D eigenvalue weighted by atomic mass is 35.5. The Hall–Kier alpha value is -2.04. The third-order valence-electron chi connectivity index (χ3n) is 4.47. The van der Waals surface area contributed by atoms with Crippen molar-refractivity contribution in [3.8, 4) is 0 Å². The van der Waals surface area contributed by atoms with Gasteiger partial charge in [-0.15, -0.1) is 0 Å². The third kappa shape index (κ3) is 4.53. The second-order valence-corrected chi connectivity index (χ2v) is 6.92. The monoisotopic (exact) mass is 358 g/mol. The highest BCUT2D eigenvalue weighted by Gasteiger charge is 2.25. The summed E-state index contributed by atoms with van der Waals surface area (Å²) in [6.45, 7) is 1.79. The molecule has 4 nitrogen and oxygen atoms in total. The molecule has 1 fully saturated rings. The van der Waals surface area contributed by atoms with Crippen LogP contribution in [0.4, 0.5) is 5.69 Å². The zero-order valence-corrected chi connectivity index (χ0v) is 15.4. The molecule has 2 aromatic carbocycles. The first kappa shape index (κ1) is 17.8. The fraction of sp³-hybridized carbons (Fsp3) is 0.350. The number of carbonyl (C=O) groups is 1. The first-order valence-electron chi connectivity index (χ1n) is 8.44. The van der Waals surface area contributed by atoms with Crippen LogP contribution in [-0.2, 0) is 16.0 Å². The molecule has 25 heavy (non-hydrogen) atoms. The van der Waals surface area contributed by atoms with E-state index < -0.39 is 0 Å². The van der Waals surface area contributed by atoms with Crippen LogP contribution in [0.1, 0.15) is 17.2 Å². The number of nitrogens with zero attached hydrogens (tertiary/aromatic N) is 2. The molecule has 1 unspecified atom stereocenters. The minimum atomic E-state index is -0.0702. The van der Waals surface area contributed by atoms with Crippen molar-refractivity contribution in [2.75, 3.05) is 38.7 Å². The number of benzene rings is 2. The Morgan fingerprint density at radius 3 is 2.48 bits per heavy atom. The predicted molar refractivity (Wildman–Crippen MR) is 101 cm³/mol. The fourth-order valence-corrected chi connectivity index (χ4v) is 3.08. The van der Waals surface area contributed by atoms with Gasteiger partial charge in [-0.05, 0) is 35.4 Å². The van der Waals surface area contributed by atoms with Gasteiger partial charge >= 0.3 is 0 Å². The Labute approximate surface area is 154 Å². The van der Waals surface area contributed by atoms with Gasteiger partial charge < -0.3 is 14.5 Å². The van der Waals surface area contributed by atoms with E-state index in [1.807, 2.05) is 43.3 Å².